The van der Waals surface area contributed by atoms with Gasteiger partial charge in [0.15, 0.2) is 11.6 Å². The number of pyridine rings is 1. The van der Waals surface area contributed by atoms with Gasteiger partial charge in [0, 0.05) is 24.1 Å². The predicted octanol–water partition coefficient (Wildman–Crippen LogP) is 3.92. The standard InChI is InChI=1S/C20H17N3O2/c24-18-8-4-7-17-16(18)9-13(11-21-17)20-22-19(23-25-20)15-10-14(15)12-5-2-1-3-6-12/h1-3,5-6,9,11,14-15H,4,7-8,10H2/t14-,15+/m0/s1. The van der Waals surface area contributed by atoms with Gasteiger partial charge in [-0.2, -0.15) is 4.98 Å². The second-order valence-corrected chi connectivity index (χ2v) is 6.81. The van der Waals surface area contributed by atoms with Crippen LogP contribution in [0.3, 0.4) is 0 Å². The molecule has 0 radical (unpaired) electrons. The molecule has 0 N–H and O–H groups in total. The minimum Gasteiger partial charge on any atom is -0.334 e. The zero-order valence-electron chi connectivity index (χ0n) is 13.7. The third kappa shape index (κ3) is 2.56. The summed E-state index contributed by atoms with van der Waals surface area (Å²) in [4.78, 5) is 21.1. The highest BCUT2D eigenvalue weighted by molar-refractivity contribution is 5.98. The molecule has 0 spiro atoms. The smallest absolute Gasteiger partial charge is 0.259 e. The number of Topliss-reactive ketones (excluding diaryl/α,β-unsaturated/α-hetero) is 1. The first kappa shape index (κ1) is 14.5. The Morgan fingerprint density at radius 1 is 1.08 bits per heavy atom. The molecule has 2 aliphatic carbocycles. The van der Waals surface area contributed by atoms with E-state index in [1.54, 1.807) is 6.20 Å². The van der Waals surface area contributed by atoms with E-state index in [1.807, 2.05) is 12.1 Å². The Bertz CT molecular complexity index is 949. The maximum Gasteiger partial charge on any atom is 0.259 e. The van der Waals surface area contributed by atoms with E-state index in [-0.39, 0.29) is 5.78 Å². The summed E-state index contributed by atoms with van der Waals surface area (Å²) in [5, 5.41) is 4.16. The van der Waals surface area contributed by atoms with Crippen molar-refractivity contribution in [1.29, 1.82) is 0 Å². The topological polar surface area (TPSA) is 68.9 Å². The normalized spacial score (nSPS) is 21.8. The van der Waals surface area contributed by atoms with Crippen LogP contribution in [0.2, 0.25) is 0 Å². The number of nitrogens with zero attached hydrogens (tertiary/aromatic N) is 3. The van der Waals surface area contributed by atoms with Gasteiger partial charge in [-0.1, -0.05) is 35.5 Å². The lowest BCUT2D eigenvalue weighted by Crippen LogP contribution is -2.12. The van der Waals surface area contributed by atoms with Gasteiger partial charge < -0.3 is 4.52 Å². The molecule has 124 valence electrons. The van der Waals surface area contributed by atoms with Crippen molar-refractivity contribution >= 4 is 5.78 Å². The van der Waals surface area contributed by atoms with Gasteiger partial charge in [-0.05, 0) is 36.8 Å². The van der Waals surface area contributed by atoms with Crippen molar-refractivity contribution in [3.8, 4) is 11.5 Å². The van der Waals surface area contributed by atoms with Gasteiger partial charge in [0.2, 0.25) is 0 Å². The molecule has 2 aromatic heterocycles. The van der Waals surface area contributed by atoms with Crippen LogP contribution in [-0.2, 0) is 6.42 Å². The molecule has 0 aliphatic heterocycles. The first-order chi connectivity index (χ1) is 12.3. The van der Waals surface area contributed by atoms with Crippen LogP contribution in [0.5, 0.6) is 0 Å². The highest BCUT2D eigenvalue weighted by Crippen LogP contribution is 2.53. The molecule has 3 aromatic rings. The molecule has 1 fully saturated rings. The minimum absolute atomic E-state index is 0.154. The van der Waals surface area contributed by atoms with Gasteiger partial charge in [-0.25, -0.2) is 0 Å². The minimum atomic E-state index is 0.154. The number of benzene rings is 1. The Balaban J connectivity index is 1.41. The second kappa shape index (κ2) is 5.62. The van der Waals surface area contributed by atoms with Crippen molar-refractivity contribution in [1.82, 2.24) is 15.1 Å². The third-order valence-electron chi connectivity index (χ3n) is 5.13. The van der Waals surface area contributed by atoms with E-state index in [0.717, 1.165) is 36.3 Å². The van der Waals surface area contributed by atoms with Crippen molar-refractivity contribution in [3.05, 3.63) is 65.2 Å². The average Bonchev–Trinajstić information content (AvgIpc) is 3.31. The summed E-state index contributed by atoms with van der Waals surface area (Å²) >= 11 is 0. The number of fused-ring (bicyclic) bond motifs is 1. The number of aryl methyl sites for hydroxylation is 1. The van der Waals surface area contributed by atoms with E-state index in [0.29, 0.717) is 29.7 Å². The van der Waals surface area contributed by atoms with Crippen molar-refractivity contribution < 1.29 is 9.32 Å². The highest BCUT2D eigenvalue weighted by Gasteiger charge is 2.42. The summed E-state index contributed by atoms with van der Waals surface area (Å²) in [7, 11) is 0. The van der Waals surface area contributed by atoms with Crippen LogP contribution >= 0.6 is 0 Å². The molecule has 5 rings (SSSR count). The van der Waals surface area contributed by atoms with Gasteiger partial charge in [0.05, 0.1) is 11.3 Å². The molecule has 5 heteroatoms. The van der Waals surface area contributed by atoms with Crippen molar-refractivity contribution in [3.63, 3.8) is 0 Å². The molecule has 2 atom stereocenters. The van der Waals surface area contributed by atoms with Crippen LogP contribution in [0.25, 0.3) is 11.5 Å². The van der Waals surface area contributed by atoms with Crippen LogP contribution in [0.1, 0.15) is 58.5 Å². The summed E-state index contributed by atoms with van der Waals surface area (Å²) < 4.78 is 5.45. The number of rotatable bonds is 3. The third-order valence-corrected chi connectivity index (χ3v) is 5.13. The van der Waals surface area contributed by atoms with Gasteiger partial charge in [-0.3, -0.25) is 9.78 Å². The largest absolute Gasteiger partial charge is 0.334 e. The Hall–Kier alpha value is -2.82. The molecule has 1 saturated carbocycles. The lowest BCUT2D eigenvalue weighted by molar-refractivity contribution is 0.0971. The first-order valence-corrected chi connectivity index (χ1v) is 8.70. The van der Waals surface area contributed by atoms with E-state index in [2.05, 4.69) is 39.4 Å². The molecule has 0 unspecified atom stereocenters. The Kier molecular flexibility index (Phi) is 3.26. The van der Waals surface area contributed by atoms with Crippen LogP contribution in [0, 0.1) is 0 Å². The van der Waals surface area contributed by atoms with E-state index in [1.165, 1.54) is 5.56 Å². The maximum absolute atomic E-state index is 12.1. The van der Waals surface area contributed by atoms with E-state index in [9.17, 15) is 4.79 Å². The molecule has 2 heterocycles. The van der Waals surface area contributed by atoms with Crippen LogP contribution in [-0.4, -0.2) is 20.9 Å². The monoisotopic (exact) mass is 331 g/mol. The molecular weight excluding hydrogens is 314 g/mol. The van der Waals surface area contributed by atoms with Gasteiger partial charge in [0.1, 0.15) is 0 Å². The molecule has 1 aromatic carbocycles. The fourth-order valence-corrected chi connectivity index (χ4v) is 3.65. The van der Waals surface area contributed by atoms with Crippen LogP contribution < -0.4 is 0 Å². The summed E-state index contributed by atoms with van der Waals surface area (Å²) in [5.74, 6) is 2.12. The molecule has 5 nitrogen and oxygen atoms in total. The van der Waals surface area contributed by atoms with Crippen LogP contribution in [0.4, 0.5) is 0 Å². The second-order valence-electron chi connectivity index (χ2n) is 6.81. The van der Waals surface area contributed by atoms with E-state index >= 15 is 0 Å². The van der Waals surface area contributed by atoms with Gasteiger partial charge in [0.25, 0.3) is 5.89 Å². The van der Waals surface area contributed by atoms with E-state index < -0.39 is 0 Å². The van der Waals surface area contributed by atoms with Crippen molar-refractivity contribution in [2.24, 2.45) is 0 Å². The quantitative estimate of drug-likeness (QED) is 0.727. The van der Waals surface area contributed by atoms with Gasteiger partial charge >= 0.3 is 0 Å². The zero-order valence-corrected chi connectivity index (χ0v) is 13.7. The highest BCUT2D eigenvalue weighted by atomic mass is 16.5. The number of hydrogen-bond donors (Lipinski definition) is 0. The predicted molar refractivity (Wildman–Crippen MR) is 91.3 cm³/mol. The molecular formula is C20H17N3O2. The summed E-state index contributed by atoms with van der Waals surface area (Å²) in [5.41, 5.74) is 3.63. The Morgan fingerprint density at radius 2 is 1.96 bits per heavy atom. The Morgan fingerprint density at radius 3 is 2.84 bits per heavy atom. The molecule has 0 amide bonds. The first-order valence-electron chi connectivity index (χ1n) is 8.70. The summed E-state index contributed by atoms with van der Waals surface area (Å²) in [6.07, 6.45) is 5.11. The average molecular weight is 331 g/mol. The lowest BCUT2D eigenvalue weighted by Gasteiger charge is -2.13. The summed E-state index contributed by atoms with van der Waals surface area (Å²) in [6, 6.07) is 12.3. The number of hydrogen-bond acceptors (Lipinski definition) is 5. The fraction of sp³-hybridized carbons (Fsp3) is 0.300. The summed E-state index contributed by atoms with van der Waals surface area (Å²) in [6.45, 7) is 0. The lowest BCUT2D eigenvalue weighted by atomic mass is 9.94. The molecule has 25 heavy (non-hydrogen) atoms. The van der Waals surface area contributed by atoms with Crippen LogP contribution in [0.15, 0.2) is 47.1 Å². The fourth-order valence-electron chi connectivity index (χ4n) is 3.65. The van der Waals surface area contributed by atoms with Gasteiger partial charge in [-0.15, -0.1) is 0 Å². The van der Waals surface area contributed by atoms with E-state index in [4.69, 9.17) is 4.52 Å². The van der Waals surface area contributed by atoms with Crippen molar-refractivity contribution in [2.45, 2.75) is 37.5 Å². The number of ketones is 1. The molecule has 2 aliphatic rings. The number of carbonyl (C=O) groups excluding carboxylic acids is 1. The molecule has 0 bridgehead atoms. The number of carbonyl (C=O) groups is 1. The zero-order chi connectivity index (χ0) is 16.8. The SMILES string of the molecule is O=C1CCCc2ncc(-c3nc([C@@H]4C[C@H]4c4ccccc4)no3)cc21. The van der Waals surface area contributed by atoms with Crippen molar-refractivity contribution in [2.75, 3.05) is 0 Å². The Labute approximate surface area is 145 Å². The maximum atomic E-state index is 12.1. The molecule has 0 saturated heterocycles. The number of aromatic nitrogens is 3.